The quantitative estimate of drug-likeness (QED) is 0.610. The molecular weight excluding hydrogens is 164 g/mol. The van der Waals surface area contributed by atoms with Crippen molar-refractivity contribution >= 4 is 11.6 Å². The highest BCUT2D eigenvalue weighted by Crippen LogP contribution is 2.45. The van der Waals surface area contributed by atoms with E-state index >= 15 is 0 Å². The van der Waals surface area contributed by atoms with Crippen LogP contribution in [0.5, 0.6) is 0 Å². The van der Waals surface area contributed by atoms with E-state index in [1.54, 1.807) is 14.2 Å². The summed E-state index contributed by atoms with van der Waals surface area (Å²) in [5.74, 6) is 0. The normalized spacial score (nSPS) is 28.1. The topological polar surface area (TPSA) is 18.5 Å². The molecule has 1 saturated carbocycles. The average Bonchev–Trinajstić information content (AvgIpc) is 2.01. The predicted molar refractivity (Wildman–Crippen MR) is 45.1 cm³/mol. The molecule has 0 aromatic carbocycles. The molecule has 66 valence electrons. The maximum Gasteiger partial charge on any atom is 0.0554 e. The summed E-state index contributed by atoms with van der Waals surface area (Å²) in [4.78, 5) is 0. The molecule has 0 bridgehead atoms. The molecular formula is C8H15ClO2. The molecule has 0 aromatic heterocycles. The van der Waals surface area contributed by atoms with Gasteiger partial charge in [0, 0.05) is 25.0 Å². The second-order valence-corrected chi connectivity index (χ2v) is 3.76. The number of rotatable bonds is 4. The molecule has 1 atom stereocenters. The van der Waals surface area contributed by atoms with Crippen LogP contribution in [0.25, 0.3) is 0 Å². The molecule has 1 aliphatic rings. The molecule has 0 N–H and O–H groups in total. The van der Waals surface area contributed by atoms with Gasteiger partial charge < -0.3 is 9.47 Å². The molecule has 0 spiro atoms. The Hall–Kier alpha value is 0.210. The van der Waals surface area contributed by atoms with E-state index < -0.39 is 0 Å². The maximum absolute atomic E-state index is 6.07. The highest BCUT2D eigenvalue weighted by molar-refractivity contribution is 6.21. The first-order chi connectivity index (χ1) is 5.25. The van der Waals surface area contributed by atoms with Gasteiger partial charge in [0.15, 0.2) is 0 Å². The lowest BCUT2D eigenvalue weighted by atomic mass is 9.69. The van der Waals surface area contributed by atoms with Crippen molar-refractivity contribution in [1.29, 1.82) is 0 Å². The van der Waals surface area contributed by atoms with Gasteiger partial charge in [0.2, 0.25) is 0 Å². The fourth-order valence-electron chi connectivity index (χ4n) is 1.60. The zero-order valence-electron chi connectivity index (χ0n) is 7.10. The van der Waals surface area contributed by atoms with Crippen molar-refractivity contribution in [3.05, 3.63) is 0 Å². The van der Waals surface area contributed by atoms with E-state index in [1.807, 2.05) is 0 Å². The summed E-state index contributed by atoms with van der Waals surface area (Å²) in [6.07, 6.45) is 2.22. The highest BCUT2D eigenvalue weighted by atomic mass is 35.5. The summed E-state index contributed by atoms with van der Waals surface area (Å²) in [5.41, 5.74) is 0.102. The zero-order chi connectivity index (χ0) is 8.32. The third kappa shape index (κ3) is 1.68. The van der Waals surface area contributed by atoms with Crippen LogP contribution in [0.3, 0.4) is 0 Å². The molecule has 2 nitrogen and oxygen atoms in total. The molecule has 1 rings (SSSR count). The third-order valence-electron chi connectivity index (χ3n) is 2.42. The Morgan fingerprint density at radius 1 is 1.36 bits per heavy atom. The summed E-state index contributed by atoms with van der Waals surface area (Å²) in [7, 11) is 3.42. The van der Waals surface area contributed by atoms with Gasteiger partial charge in [-0.15, -0.1) is 11.6 Å². The van der Waals surface area contributed by atoms with Crippen molar-refractivity contribution in [2.75, 3.05) is 27.4 Å². The lowest BCUT2D eigenvalue weighted by Crippen LogP contribution is -2.48. The van der Waals surface area contributed by atoms with Gasteiger partial charge in [0.25, 0.3) is 0 Å². The Bertz CT molecular complexity index is 121. The average molecular weight is 179 g/mol. The third-order valence-corrected chi connectivity index (χ3v) is 3.10. The Kier molecular flexibility index (Phi) is 3.16. The minimum atomic E-state index is 0.102. The van der Waals surface area contributed by atoms with Crippen molar-refractivity contribution in [3.63, 3.8) is 0 Å². The van der Waals surface area contributed by atoms with Crippen molar-refractivity contribution in [3.8, 4) is 0 Å². The van der Waals surface area contributed by atoms with E-state index in [1.165, 1.54) is 0 Å². The number of methoxy groups -OCH3 is 2. The molecule has 1 fully saturated rings. The van der Waals surface area contributed by atoms with Gasteiger partial charge in [0.1, 0.15) is 0 Å². The molecule has 0 aromatic rings. The number of alkyl halides is 1. The van der Waals surface area contributed by atoms with Crippen LogP contribution in [-0.4, -0.2) is 32.8 Å². The van der Waals surface area contributed by atoms with Crippen LogP contribution in [0.4, 0.5) is 0 Å². The van der Waals surface area contributed by atoms with Crippen LogP contribution in [-0.2, 0) is 9.47 Å². The zero-order valence-corrected chi connectivity index (χ0v) is 7.86. The van der Waals surface area contributed by atoms with Crippen LogP contribution in [0, 0.1) is 5.41 Å². The monoisotopic (exact) mass is 178 g/mol. The smallest absolute Gasteiger partial charge is 0.0554 e. The molecule has 1 aliphatic carbocycles. The fraction of sp³-hybridized carbons (Fsp3) is 1.00. The summed E-state index contributed by atoms with van der Waals surface area (Å²) in [5, 5.41) is 0.238. The summed E-state index contributed by atoms with van der Waals surface area (Å²) in [6, 6.07) is 0. The van der Waals surface area contributed by atoms with Crippen LogP contribution in [0.15, 0.2) is 0 Å². The molecule has 0 saturated heterocycles. The van der Waals surface area contributed by atoms with Gasteiger partial charge in [-0.25, -0.2) is 0 Å². The van der Waals surface area contributed by atoms with E-state index in [0.717, 1.165) is 26.1 Å². The largest absolute Gasteiger partial charge is 0.384 e. The first kappa shape index (κ1) is 9.30. The van der Waals surface area contributed by atoms with E-state index in [4.69, 9.17) is 21.1 Å². The van der Waals surface area contributed by atoms with Gasteiger partial charge in [0.05, 0.1) is 13.2 Å². The van der Waals surface area contributed by atoms with Crippen LogP contribution < -0.4 is 0 Å². The Labute approximate surface area is 72.8 Å². The number of hydrogen-bond acceptors (Lipinski definition) is 2. The molecule has 0 heterocycles. The summed E-state index contributed by atoms with van der Waals surface area (Å²) < 4.78 is 10.2. The molecule has 0 aliphatic heterocycles. The maximum atomic E-state index is 6.07. The van der Waals surface area contributed by atoms with Gasteiger partial charge in [-0.05, 0) is 12.8 Å². The van der Waals surface area contributed by atoms with Gasteiger partial charge in [-0.1, -0.05) is 0 Å². The molecule has 0 amide bonds. The first-order valence-corrected chi connectivity index (χ1v) is 4.31. The van der Waals surface area contributed by atoms with Gasteiger partial charge >= 0.3 is 0 Å². The fourth-order valence-corrected chi connectivity index (χ4v) is 1.95. The van der Waals surface area contributed by atoms with Crippen LogP contribution in [0.1, 0.15) is 12.8 Å². The standard InChI is InChI=1S/C8H15ClO2/c1-10-5-8(6-11-2)4-3-7(8)9/h7H,3-6H2,1-2H3. The van der Waals surface area contributed by atoms with Gasteiger partial charge in [-0.3, -0.25) is 0 Å². The van der Waals surface area contributed by atoms with Crippen LogP contribution in [0.2, 0.25) is 0 Å². The minimum Gasteiger partial charge on any atom is -0.384 e. The van der Waals surface area contributed by atoms with E-state index in [0.29, 0.717) is 0 Å². The minimum absolute atomic E-state index is 0.102. The van der Waals surface area contributed by atoms with Gasteiger partial charge in [-0.2, -0.15) is 0 Å². The van der Waals surface area contributed by atoms with Crippen LogP contribution >= 0.6 is 11.6 Å². The van der Waals surface area contributed by atoms with Crippen molar-refractivity contribution in [2.24, 2.45) is 5.41 Å². The molecule has 11 heavy (non-hydrogen) atoms. The van der Waals surface area contributed by atoms with Crippen molar-refractivity contribution < 1.29 is 9.47 Å². The second kappa shape index (κ2) is 3.74. The van der Waals surface area contributed by atoms with Crippen molar-refractivity contribution in [2.45, 2.75) is 18.2 Å². The number of hydrogen-bond donors (Lipinski definition) is 0. The molecule has 0 radical (unpaired) electrons. The number of ether oxygens (including phenoxy) is 2. The predicted octanol–water partition coefficient (Wildman–Crippen LogP) is 1.67. The highest BCUT2D eigenvalue weighted by Gasteiger charge is 2.45. The number of halogens is 1. The van der Waals surface area contributed by atoms with Crippen molar-refractivity contribution in [1.82, 2.24) is 0 Å². The Morgan fingerprint density at radius 3 is 2.09 bits per heavy atom. The van der Waals surface area contributed by atoms with E-state index in [-0.39, 0.29) is 10.8 Å². The van der Waals surface area contributed by atoms with E-state index in [9.17, 15) is 0 Å². The Morgan fingerprint density at radius 2 is 1.91 bits per heavy atom. The Balaban J connectivity index is 2.42. The second-order valence-electron chi connectivity index (χ2n) is 3.23. The lowest BCUT2D eigenvalue weighted by molar-refractivity contribution is -0.0367. The SMILES string of the molecule is COCC1(COC)CCC1Cl. The van der Waals surface area contributed by atoms with E-state index in [2.05, 4.69) is 0 Å². The lowest BCUT2D eigenvalue weighted by Gasteiger charge is -2.45. The molecule has 3 heteroatoms. The molecule has 1 unspecified atom stereocenters. The first-order valence-electron chi connectivity index (χ1n) is 3.87. The summed E-state index contributed by atoms with van der Waals surface area (Å²) >= 11 is 6.07. The summed E-state index contributed by atoms with van der Waals surface area (Å²) in [6.45, 7) is 1.43.